The summed E-state index contributed by atoms with van der Waals surface area (Å²) in [4.78, 5) is 22.3. The second-order valence-electron chi connectivity index (χ2n) is 4.51. The van der Waals surface area contributed by atoms with Crippen LogP contribution in [-0.2, 0) is 18.0 Å². The third-order valence-corrected chi connectivity index (χ3v) is 5.02. The van der Waals surface area contributed by atoms with Crippen molar-refractivity contribution >= 4 is 36.0 Å². The van der Waals surface area contributed by atoms with Gasteiger partial charge >= 0.3 is 11.9 Å². The maximum Gasteiger partial charge on any atom is 0.343 e. The molecule has 0 fully saturated rings. The first kappa shape index (κ1) is 20.6. The molecule has 0 amide bonds. The topological polar surface area (TPSA) is 93.1 Å². The maximum absolute atomic E-state index is 11.2. The van der Waals surface area contributed by atoms with E-state index in [1.165, 1.54) is 0 Å². The van der Waals surface area contributed by atoms with Gasteiger partial charge in [-0.2, -0.15) is 0 Å². The molecule has 0 aliphatic carbocycles. The van der Waals surface area contributed by atoms with Gasteiger partial charge < -0.3 is 18.6 Å². The zero-order chi connectivity index (χ0) is 16.1. The fourth-order valence-electron chi connectivity index (χ4n) is 1.50. The molecule has 0 heterocycles. The zero-order valence-corrected chi connectivity index (χ0v) is 14.1. The van der Waals surface area contributed by atoms with E-state index >= 15 is 0 Å². The van der Waals surface area contributed by atoms with Crippen LogP contribution < -0.4 is 0 Å². The summed E-state index contributed by atoms with van der Waals surface area (Å²) in [6.07, 6.45) is 5.06. The van der Waals surface area contributed by atoms with Gasteiger partial charge in [0.2, 0.25) is 0 Å². The highest BCUT2D eigenvalue weighted by Crippen LogP contribution is 2.46. The van der Waals surface area contributed by atoms with Crippen LogP contribution in [0.15, 0.2) is 0 Å². The highest BCUT2D eigenvalue weighted by molar-refractivity contribution is 8.14. The molecule has 0 bridgehead atoms. The fourth-order valence-corrected chi connectivity index (χ4v) is 3.32. The van der Waals surface area contributed by atoms with Crippen LogP contribution in [-0.4, -0.2) is 39.4 Å². The van der Waals surface area contributed by atoms with Crippen molar-refractivity contribution in [2.75, 3.05) is 13.2 Å². The Labute approximate surface area is 134 Å². The summed E-state index contributed by atoms with van der Waals surface area (Å²) in [6.45, 7) is 2.70. The Balaban J connectivity index is 4.81. The monoisotopic (exact) mass is 340 g/mol. The van der Waals surface area contributed by atoms with E-state index in [0.717, 1.165) is 49.8 Å². The Morgan fingerprint density at radius 2 is 1.29 bits per heavy atom. The first-order chi connectivity index (χ1) is 10.0. The second-order valence-corrected chi connectivity index (χ2v) is 7.00. The molecule has 0 aliphatic heterocycles. The molecule has 0 atom stereocenters. The average Bonchev–Trinajstić information content (AvgIpc) is 2.52. The number of carbonyl (C=O) groups excluding carboxylic acids is 2. The van der Waals surface area contributed by atoms with Gasteiger partial charge in [-0.25, -0.2) is 9.59 Å². The normalized spacial score (nSPS) is 11.2. The smallest absolute Gasteiger partial charge is 0.343 e. The summed E-state index contributed by atoms with van der Waals surface area (Å²) in [6, 6.07) is 0. The van der Waals surface area contributed by atoms with E-state index in [1.54, 1.807) is 0 Å². The van der Waals surface area contributed by atoms with Gasteiger partial charge in [0.05, 0.1) is 24.1 Å². The number of aliphatic hydroxyl groups is 2. The molecule has 124 valence electrons. The predicted octanol–water partition coefficient (Wildman–Crippen LogP) is 2.43. The molecule has 0 rings (SSSR count). The van der Waals surface area contributed by atoms with E-state index < -0.39 is 29.2 Å². The van der Waals surface area contributed by atoms with Crippen molar-refractivity contribution in [1.29, 1.82) is 0 Å². The molecule has 6 nitrogen and oxygen atoms in total. The van der Waals surface area contributed by atoms with Crippen molar-refractivity contribution in [3.8, 4) is 0 Å². The molecule has 0 aliphatic rings. The van der Waals surface area contributed by atoms with Crippen LogP contribution in [0.25, 0.3) is 0 Å². The molecule has 2 N–H and O–H groups in total. The minimum atomic E-state index is -0.730. The number of unbranched alkanes of at least 4 members (excludes halogenated alkanes) is 2. The Hall–Kier alpha value is -0.440. The van der Waals surface area contributed by atoms with Crippen molar-refractivity contribution < 1.29 is 28.2 Å². The van der Waals surface area contributed by atoms with Gasteiger partial charge in [0, 0.05) is 0 Å². The first-order valence-electron chi connectivity index (χ1n) is 7.02. The summed E-state index contributed by atoms with van der Waals surface area (Å²) in [5, 5.41) is 17.5. The quantitative estimate of drug-likeness (QED) is 0.413. The van der Waals surface area contributed by atoms with Crippen molar-refractivity contribution in [3.63, 3.8) is 0 Å². The number of rotatable bonds is 12. The summed E-state index contributed by atoms with van der Waals surface area (Å²) < 4.78 is 9.33. The Morgan fingerprint density at radius 1 is 0.905 bits per heavy atom. The molecule has 0 aromatic rings. The number of aliphatic hydroxyl groups excluding tert-OH is 2. The van der Waals surface area contributed by atoms with Gasteiger partial charge in [-0.15, -0.1) is 0 Å². The second kappa shape index (κ2) is 12.1. The van der Waals surface area contributed by atoms with Crippen LogP contribution in [0.5, 0.6) is 0 Å². The number of hydrogen-bond acceptors (Lipinski definition) is 8. The lowest BCUT2D eigenvalue weighted by molar-refractivity contribution is -0.136. The highest BCUT2D eigenvalue weighted by atomic mass is 32.2. The standard InChI is InChI=1S/C13H24O6S2/c1-3-5-7-13(8-6-4-2,20-18-11(16)9-14)21-19-12(17)10-15/h14-15H,3-10H2,1-2H3. The number of carbonyl (C=O) groups is 2. The van der Waals surface area contributed by atoms with Gasteiger partial charge in [-0.1, -0.05) is 39.5 Å². The minimum absolute atomic E-state index is 0.609. The highest BCUT2D eigenvalue weighted by Gasteiger charge is 2.36. The lowest BCUT2D eigenvalue weighted by Crippen LogP contribution is -2.24. The van der Waals surface area contributed by atoms with Gasteiger partial charge in [-0.05, 0) is 12.8 Å². The molecular formula is C13H24O6S2. The van der Waals surface area contributed by atoms with Gasteiger partial charge in [0.15, 0.2) is 0 Å². The summed E-state index contributed by atoms with van der Waals surface area (Å²) >= 11 is 1.86. The lowest BCUT2D eigenvalue weighted by Gasteiger charge is -2.29. The summed E-state index contributed by atoms with van der Waals surface area (Å²) in [7, 11) is 0. The predicted molar refractivity (Wildman–Crippen MR) is 83.3 cm³/mol. The van der Waals surface area contributed by atoms with Crippen LogP contribution in [0.4, 0.5) is 0 Å². The SMILES string of the molecule is CCCCC(CCCC)(SOC(=O)CO)SOC(=O)CO. The van der Waals surface area contributed by atoms with Crippen molar-refractivity contribution in [2.24, 2.45) is 0 Å². The molecular weight excluding hydrogens is 316 g/mol. The lowest BCUT2D eigenvalue weighted by atomic mass is 10.1. The van der Waals surface area contributed by atoms with Crippen LogP contribution in [0.2, 0.25) is 0 Å². The molecule has 0 saturated heterocycles. The van der Waals surface area contributed by atoms with E-state index in [4.69, 9.17) is 18.6 Å². The summed E-state index contributed by atoms with van der Waals surface area (Å²) in [5.41, 5.74) is 0. The minimum Gasteiger partial charge on any atom is -0.388 e. The summed E-state index contributed by atoms with van der Waals surface area (Å²) in [5.74, 6) is -1.46. The largest absolute Gasteiger partial charge is 0.388 e. The van der Waals surface area contributed by atoms with Gasteiger partial charge in [0.25, 0.3) is 0 Å². The maximum atomic E-state index is 11.2. The van der Waals surface area contributed by atoms with E-state index in [-0.39, 0.29) is 0 Å². The molecule has 0 aromatic carbocycles. The zero-order valence-electron chi connectivity index (χ0n) is 12.5. The molecule has 0 spiro atoms. The third-order valence-electron chi connectivity index (χ3n) is 2.65. The van der Waals surface area contributed by atoms with Gasteiger partial charge in [-0.3, -0.25) is 0 Å². The average molecular weight is 340 g/mol. The van der Waals surface area contributed by atoms with Crippen molar-refractivity contribution in [3.05, 3.63) is 0 Å². The Morgan fingerprint density at radius 3 is 1.57 bits per heavy atom. The fraction of sp³-hybridized carbons (Fsp3) is 0.846. The van der Waals surface area contributed by atoms with Crippen LogP contribution in [0.1, 0.15) is 52.4 Å². The van der Waals surface area contributed by atoms with Crippen LogP contribution >= 0.6 is 24.1 Å². The molecule has 0 aromatic heterocycles. The molecule has 0 unspecified atom stereocenters. The van der Waals surface area contributed by atoms with E-state index in [0.29, 0.717) is 12.8 Å². The van der Waals surface area contributed by atoms with Gasteiger partial charge in [0.1, 0.15) is 17.3 Å². The molecule has 0 saturated carbocycles. The van der Waals surface area contributed by atoms with Crippen LogP contribution in [0, 0.1) is 0 Å². The van der Waals surface area contributed by atoms with Crippen molar-refractivity contribution in [2.45, 2.75) is 56.5 Å². The van der Waals surface area contributed by atoms with Crippen LogP contribution in [0.3, 0.4) is 0 Å². The molecule has 21 heavy (non-hydrogen) atoms. The van der Waals surface area contributed by atoms with E-state index in [1.807, 2.05) is 13.8 Å². The molecule has 0 radical (unpaired) electrons. The van der Waals surface area contributed by atoms with E-state index in [9.17, 15) is 9.59 Å². The number of hydrogen-bond donors (Lipinski definition) is 2. The van der Waals surface area contributed by atoms with E-state index in [2.05, 4.69) is 0 Å². The Bertz CT molecular complexity index is 281. The Kier molecular flexibility index (Phi) is 11.9. The molecule has 8 heteroatoms. The van der Waals surface area contributed by atoms with Crippen molar-refractivity contribution in [1.82, 2.24) is 0 Å². The third kappa shape index (κ3) is 9.23. The first-order valence-corrected chi connectivity index (χ1v) is 8.50.